The van der Waals surface area contributed by atoms with E-state index in [0.717, 1.165) is 19.3 Å². The van der Waals surface area contributed by atoms with Crippen LogP contribution in [0, 0.1) is 0 Å². The van der Waals surface area contributed by atoms with Gasteiger partial charge >= 0.3 is 7.82 Å². The van der Waals surface area contributed by atoms with Crippen LogP contribution in [0.5, 0.6) is 0 Å². The first-order valence-electron chi connectivity index (χ1n) is 7.85. The number of hydrogen-bond acceptors (Lipinski definition) is 4. The zero-order valence-corrected chi connectivity index (χ0v) is 13.7. The van der Waals surface area contributed by atoms with Crippen LogP contribution >= 0.6 is 7.82 Å². The van der Waals surface area contributed by atoms with Crippen molar-refractivity contribution in [3.8, 4) is 0 Å². The summed E-state index contributed by atoms with van der Waals surface area (Å²) < 4.78 is 20.5. The lowest BCUT2D eigenvalue weighted by Crippen LogP contribution is -2.01. The highest BCUT2D eigenvalue weighted by atomic mass is 31.2. The highest BCUT2D eigenvalue weighted by molar-refractivity contribution is 7.47. The van der Waals surface area contributed by atoms with Gasteiger partial charge in [0, 0.05) is 0 Å². The van der Waals surface area contributed by atoms with Crippen LogP contribution < -0.4 is 0 Å². The minimum absolute atomic E-state index is 0.175. The van der Waals surface area contributed by atoms with E-state index in [4.69, 9.17) is 9.63 Å². The van der Waals surface area contributed by atoms with Gasteiger partial charge in [0.15, 0.2) is 0 Å². The summed E-state index contributed by atoms with van der Waals surface area (Å²) in [5.41, 5.74) is 0. The maximum Gasteiger partial charge on any atom is 0.472 e. The summed E-state index contributed by atoms with van der Waals surface area (Å²) >= 11 is 0. The summed E-state index contributed by atoms with van der Waals surface area (Å²) in [6.07, 6.45) is 12.1. The molecule has 0 aromatic heterocycles. The Morgan fingerprint density at radius 2 is 1.25 bits per heavy atom. The quantitative estimate of drug-likeness (QED) is 0.353. The Kier molecular flexibility index (Phi) is 14.1. The number of aliphatic hydroxyl groups excluding tert-OH is 1. The largest absolute Gasteiger partial charge is 0.472 e. The third kappa shape index (κ3) is 14.5. The van der Waals surface area contributed by atoms with Crippen molar-refractivity contribution in [2.24, 2.45) is 0 Å². The minimum Gasteiger partial charge on any atom is -0.394 e. The van der Waals surface area contributed by atoms with E-state index in [1.165, 1.54) is 44.9 Å². The molecule has 0 aliphatic carbocycles. The molecule has 0 saturated carbocycles. The molecule has 0 saturated heterocycles. The van der Waals surface area contributed by atoms with Gasteiger partial charge in [-0.25, -0.2) is 4.57 Å². The Hall–Kier alpha value is 0.0700. The van der Waals surface area contributed by atoms with Crippen LogP contribution in [0.15, 0.2) is 0 Å². The van der Waals surface area contributed by atoms with Gasteiger partial charge in [0.25, 0.3) is 0 Å². The molecule has 0 aromatic rings. The van der Waals surface area contributed by atoms with Crippen molar-refractivity contribution in [3.05, 3.63) is 0 Å². The van der Waals surface area contributed by atoms with Crippen LogP contribution in [0.2, 0.25) is 0 Å². The smallest absolute Gasteiger partial charge is 0.394 e. The van der Waals surface area contributed by atoms with Gasteiger partial charge in [0.05, 0.1) is 19.8 Å². The lowest BCUT2D eigenvalue weighted by molar-refractivity contribution is 0.122. The molecule has 0 fully saturated rings. The van der Waals surface area contributed by atoms with Gasteiger partial charge in [-0.05, 0) is 6.42 Å². The number of phosphoric acid groups is 1. The number of rotatable bonds is 15. The van der Waals surface area contributed by atoms with E-state index in [-0.39, 0.29) is 19.8 Å². The number of aliphatic hydroxyl groups is 1. The first-order valence-corrected chi connectivity index (χ1v) is 9.34. The normalized spacial score (nSPS) is 14.3. The molecule has 1 unspecified atom stereocenters. The lowest BCUT2D eigenvalue weighted by Gasteiger charge is -2.10. The summed E-state index contributed by atoms with van der Waals surface area (Å²) in [5, 5.41) is 8.48. The zero-order chi connectivity index (χ0) is 15.1. The molecular formula is C14H31O5P. The minimum atomic E-state index is -3.95. The molecule has 0 aliphatic heterocycles. The second-order valence-corrected chi connectivity index (χ2v) is 6.49. The number of unbranched alkanes of at least 4 members (excludes halogenated alkanes) is 9. The van der Waals surface area contributed by atoms with E-state index in [9.17, 15) is 9.46 Å². The fourth-order valence-electron chi connectivity index (χ4n) is 1.96. The van der Waals surface area contributed by atoms with Crippen molar-refractivity contribution in [1.29, 1.82) is 0 Å². The Morgan fingerprint density at radius 3 is 1.75 bits per heavy atom. The second kappa shape index (κ2) is 14.0. The Labute approximate surface area is 123 Å². The predicted octanol–water partition coefficient (Wildman–Crippen LogP) is 4.03. The van der Waals surface area contributed by atoms with Gasteiger partial charge < -0.3 is 10.00 Å². The maximum absolute atomic E-state index is 11.2. The molecule has 5 nitrogen and oxygen atoms in total. The van der Waals surface area contributed by atoms with E-state index in [2.05, 4.69) is 11.4 Å². The first-order chi connectivity index (χ1) is 9.62. The van der Waals surface area contributed by atoms with Crippen molar-refractivity contribution in [3.63, 3.8) is 0 Å². The van der Waals surface area contributed by atoms with Gasteiger partial charge in [0.2, 0.25) is 0 Å². The molecule has 2 N–H and O–H groups in total. The fourth-order valence-corrected chi connectivity index (χ4v) is 2.71. The van der Waals surface area contributed by atoms with E-state index < -0.39 is 7.82 Å². The van der Waals surface area contributed by atoms with Crippen molar-refractivity contribution in [2.75, 3.05) is 19.8 Å². The van der Waals surface area contributed by atoms with E-state index in [0.29, 0.717) is 0 Å². The van der Waals surface area contributed by atoms with Crippen LogP contribution in [0.3, 0.4) is 0 Å². The molecule has 0 aliphatic rings. The molecule has 20 heavy (non-hydrogen) atoms. The Bertz CT molecular complexity index is 248. The summed E-state index contributed by atoms with van der Waals surface area (Å²) in [4.78, 5) is 9.19. The summed E-state index contributed by atoms with van der Waals surface area (Å²) in [7, 11) is -3.95. The molecule has 0 aromatic carbocycles. The summed E-state index contributed by atoms with van der Waals surface area (Å²) in [6, 6.07) is 0. The molecule has 122 valence electrons. The van der Waals surface area contributed by atoms with Gasteiger partial charge in [0.1, 0.15) is 0 Å². The summed E-state index contributed by atoms with van der Waals surface area (Å²) in [5.74, 6) is 0. The Morgan fingerprint density at radius 1 is 0.800 bits per heavy atom. The van der Waals surface area contributed by atoms with E-state index in [1.54, 1.807) is 0 Å². The highest BCUT2D eigenvalue weighted by Gasteiger charge is 2.19. The maximum atomic E-state index is 11.2. The van der Waals surface area contributed by atoms with Gasteiger partial charge in [-0.15, -0.1) is 0 Å². The number of phosphoric ester groups is 1. The third-order valence-electron chi connectivity index (χ3n) is 3.10. The topological polar surface area (TPSA) is 76.0 Å². The zero-order valence-electron chi connectivity index (χ0n) is 12.8. The molecule has 0 radical (unpaired) electrons. The SMILES string of the molecule is CCCCCCCCCCCCOP(=O)(O)OCCO. The third-order valence-corrected chi connectivity index (χ3v) is 4.12. The Balaban J connectivity index is 3.22. The molecule has 0 rings (SSSR count). The van der Waals surface area contributed by atoms with Crippen LogP contribution in [0.25, 0.3) is 0 Å². The lowest BCUT2D eigenvalue weighted by atomic mass is 10.1. The van der Waals surface area contributed by atoms with Gasteiger partial charge in [-0.3, -0.25) is 9.05 Å². The van der Waals surface area contributed by atoms with Crippen LogP contribution in [0.4, 0.5) is 0 Å². The van der Waals surface area contributed by atoms with Gasteiger partial charge in [-0.2, -0.15) is 0 Å². The van der Waals surface area contributed by atoms with Crippen molar-refractivity contribution < 1.29 is 23.6 Å². The molecule has 0 spiro atoms. The van der Waals surface area contributed by atoms with Crippen LogP contribution in [-0.2, 0) is 13.6 Å². The highest BCUT2D eigenvalue weighted by Crippen LogP contribution is 2.42. The average molecular weight is 310 g/mol. The van der Waals surface area contributed by atoms with Gasteiger partial charge in [-0.1, -0.05) is 64.7 Å². The van der Waals surface area contributed by atoms with E-state index >= 15 is 0 Å². The molecule has 0 amide bonds. The van der Waals surface area contributed by atoms with Crippen molar-refractivity contribution >= 4 is 7.82 Å². The van der Waals surface area contributed by atoms with Crippen molar-refractivity contribution in [2.45, 2.75) is 71.1 Å². The second-order valence-electron chi connectivity index (χ2n) is 5.04. The standard InChI is InChI=1S/C14H31O5P/c1-2-3-4-5-6-7-8-9-10-11-13-18-20(16,17)19-14-12-15/h15H,2-14H2,1H3,(H,16,17). The number of hydrogen-bond donors (Lipinski definition) is 2. The molecule has 1 atom stereocenters. The average Bonchev–Trinajstić information content (AvgIpc) is 2.42. The van der Waals surface area contributed by atoms with Crippen molar-refractivity contribution in [1.82, 2.24) is 0 Å². The molecular weight excluding hydrogens is 279 g/mol. The predicted molar refractivity (Wildman–Crippen MR) is 80.7 cm³/mol. The monoisotopic (exact) mass is 310 g/mol. The van der Waals surface area contributed by atoms with Crippen LogP contribution in [-0.4, -0.2) is 29.8 Å². The molecule has 6 heteroatoms. The van der Waals surface area contributed by atoms with E-state index in [1.807, 2.05) is 0 Å². The summed E-state index contributed by atoms with van der Waals surface area (Å²) in [6.45, 7) is 2.00. The fraction of sp³-hybridized carbons (Fsp3) is 1.00. The molecule has 0 bridgehead atoms. The first kappa shape index (κ1) is 20.1. The molecule has 0 heterocycles. The van der Waals surface area contributed by atoms with Crippen LogP contribution in [0.1, 0.15) is 71.1 Å².